The van der Waals surface area contributed by atoms with E-state index in [9.17, 15) is 4.39 Å². The van der Waals surface area contributed by atoms with Crippen molar-refractivity contribution in [3.63, 3.8) is 0 Å². The van der Waals surface area contributed by atoms with E-state index in [1.807, 2.05) is 84.4 Å². The van der Waals surface area contributed by atoms with E-state index in [0.29, 0.717) is 23.2 Å². The number of aliphatic imine (C=N–C) groups is 2. The molecule has 0 aliphatic carbocycles. The first-order chi connectivity index (χ1) is 19.6. The molecule has 0 saturated heterocycles. The normalized spacial score (nSPS) is 15.4. The molecule has 7 nitrogen and oxygen atoms in total. The van der Waals surface area contributed by atoms with E-state index in [4.69, 9.17) is 19.8 Å². The lowest BCUT2D eigenvalue weighted by atomic mass is 9.92. The number of hydrogen-bond donors (Lipinski definition) is 1. The molecule has 0 saturated carbocycles. The van der Waals surface area contributed by atoms with E-state index in [1.165, 1.54) is 12.1 Å². The Kier molecular flexibility index (Phi) is 5.66. The van der Waals surface area contributed by atoms with E-state index in [-0.39, 0.29) is 11.9 Å². The first-order valence-corrected chi connectivity index (χ1v) is 13.0. The molecular formula is C32H25FN6O. The lowest BCUT2D eigenvalue weighted by Crippen LogP contribution is -2.46. The molecule has 40 heavy (non-hydrogen) atoms. The van der Waals surface area contributed by atoms with Gasteiger partial charge in [-0.3, -0.25) is 0 Å². The van der Waals surface area contributed by atoms with Gasteiger partial charge in [0.05, 0.1) is 35.9 Å². The molecule has 0 radical (unpaired) electrons. The van der Waals surface area contributed by atoms with Gasteiger partial charge in [0.1, 0.15) is 11.6 Å². The molecule has 3 heterocycles. The molecule has 0 unspecified atom stereocenters. The molecule has 1 N–H and O–H groups in total. The molecular weight excluding hydrogens is 503 g/mol. The zero-order valence-corrected chi connectivity index (χ0v) is 21.9. The number of rotatable bonds is 4. The largest absolute Gasteiger partial charge is 0.496 e. The number of para-hydroxylation sites is 4. The van der Waals surface area contributed by atoms with Crippen LogP contribution in [0.15, 0.2) is 113 Å². The van der Waals surface area contributed by atoms with Crippen molar-refractivity contribution < 1.29 is 9.13 Å². The van der Waals surface area contributed by atoms with Crippen LogP contribution >= 0.6 is 0 Å². The topological polar surface area (TPSA) is 67.0 Å². The van der Waals surface area contributed by atoms with Gasteiger partial charge in [0, 0.05) is 16.8 Å². The third-order valence-electron chi connectivity index (χ3n) is 7.16. The maximum absolute atomic E-state index is 14.2. The van der Waals surface area contributed by atoms with E-state index in [0.717, 1.165) is 39.6 Å². The van der Waals surface area contributed by atoms with Crippen LogP contribution in [-0.2, 0) is 0 Å². The van der Waals surface area contributed by atoms with Crippen molar-refractivity contribution in [3.05, 3.63) is 126 Å². The Morgan fingerprint density at radius 2 is 1.62 bits per heavy atom. The van der Waals surface area contributed by atoms with Crippen LogP contribution < -0.4 is 15.0 Å². The summed E-state index contributed by atoms with van der Waals surface area (Å²) >= 11 is 0. The van der Waals surface area contributed by atoms with Crippen molar-refractivity contribution in [1.29, 1.82) is 0 Å². The Balaban J connectivity index is 1.52. The van der Waals surface area contributed by atoms with Crippen LogP contribution in [0.25, 0.3) is 5.69 Å². The Labute approximate surface area is 230 Å². The van der Waals surface area contributed by atoms with Crippen LogP contribution in [0, 0.1) is 12.7 Å². The number of nitrogens with zero attached hydrogens (tertiary/aromatic N) is 5. The summed E-state index contributed by atoms with van der Waals surface area (Å²) in [6.07, 6.45) is 0. The average Bonchev–Trinajstić information content (AvgIpc) is 3.32. The van der Waals surface area contributed by atoms with Crippen molar-refractivity contribution >= 4 is 34.6 Å². The van der Waals surface area contributed by atoms with Crippen molar-refractivity contribution in [1.82, 2.24) is 9.78 Å². The smallest absolute Gasteiger partial charge is 0.179 e. The maximum Gasteiger partial charge on any atom is 0.179 e. The number of halogens is 1. The highest BCUT2D eigenvalue weighted by Gasteiger charge is 2.42. The molecule has 2 aliphatic heterocycles. The van der Waals surface area contributed by atoms with Crippen LogP contribution in [0.3, 0.4) is 0 Å². The summed E-state index contributed by atoms with van der Waals surface area (Å²) in [5.74, 6) is 2.23. The number of hydrogen-bond acceptors (Lipinski definition) is 6. The van der Waals surface area contributed by atoms with Gasteiger partial charge in [0.25, 0.3) is 0 Å². The van der Waals surface area contributed by atoms with Crippen LogP contribution in [0.1, 0.15) is 22.9 Å². The second kappa shape index (κ2) is 9.50. The van der Waals surface area contributed by atoms with Gasteiger partial charge in [-0.2, -0.15) is 5.10 Å². The van der Waals surface area contributed by atoms with Gasteiger partial charge in [-0.05, 0) is 55.5 Å². The Morgan fingerprint density at radius 1 is 0.850 bits per heavy atom. The summed E-state index contributed by atoms with van der Waals surface area (Å²) in [5.41, 5.74) is 5.95. The monoisotopic (exact) mass is 528 g/mol. The third kappa shape index (κ3) is 3.84. The van der Waals surface area contributed by atoms with E-state index >= 15 is 0 Å². The van der Waals surface area contributed by atoms with Crippen LogP contribution in [-0.4, -0.2) is 28.6 Å². The average molecular weight is 529 g/mol. The Morgan fingerprint density at radius 3 is 2.45 bits per heavy atom. The van der Waals surface area contributed by atoms with Gasteiger partial charge in [0.2, 0.25) is 0 Å². The lowest BCUT2D eigenvalue weighted by Gasteiger charge is -2.41. The van der Waals surface area contributed by atoms with Gasteiger partial charge in [-0.25, -0.2) is 19.1 Å². The first kappa shape index (κ1) is 23.8. The number of nitrogens with one attached hydrogen (secondary N) is 1. The first-order valence-electron chi connectivity index (χ1n) is 13.0. The molecule has 8 heteroatoms. The molecule has 1 atom stereocenters. The molecule has 0 fully saturated rings. The molecule has 7 rings (SSSR count). The zero-order chi connectivity index (χ0) is 27.2. The fraction of sp³-hybridized carbons (Fsp3) is 0.0938. The SMILES string of the molecule is COc1ccccc1[C@H]1c2c(C)nn(-c3ccccc3)c2N=C2C(Nc3cccc(F)c3)=Nc3ccccc3N21. The lowest BCUT2D eigenvalue weighted by molar-refractivity contribution is 0.407. The summed E-state index contributed by atoms with van der Waals surface area (Å²) < 4.78 is 21.9. The van der Waals surface area contributed by atoms with Gasteiger partial charge in [0.15, 0.2) is 17.5 Å². The number of amidine groups is 2. The van der Waals surface area contributed by atoms with Gasteiger partial charge in [-0.1, -0.05) is 54.6 Å². The van der Waals surface area contributed by atoms with Crippen molar-refractivity contribution in [2.75, 3.05) is 17.3 Å². The molecule has 4 aromatic carbocycles. The van der Waals surface area contributed by atoms with Gasteiger partial charge >= 0.3 is 0 Å². The number of fused-ring (bicyclic) bond motifs is 4. The number of aryl methyl sites for hydroxylation is 1. The number of ether oxygens (including phenoxy) is 1. The molecule has 196 valence electrons. The minimum Gasteiger partial charge on any atom is -0.496 e. The second-order valence-electron chi connectivity index (χ2n) is 9.60. The van der Waals surface area contributed by atoms with E-state index < -0.39 is 0 Å². The number of benzene rings is 4. The zero-order valence-electron chi connectivity index (χ0n) is 21.9. The van der Waals surface area contributed by atoms with Crippen LogP contribution in [0.2, 0.25) is 0 Å². The van der Waals surface area contributed by atoms with Crippen LogP contribution in [0.4, 0.5) is 27.3 Å². The predicted octanol–water partition coefficient (Wildman–Crippen LogP) is 7.12. The maximum atomic E-state index is 14.2. The Bertz CT molecular complexity index is 1810. The highest BCUT2D eigenvalue weighted by molar-refractivity contribution is 6.51. The van der Waals surface area contributed by atoms with E-state index in [2.05, 4.69) is 16.3 Å². The second-order valence-corrected chi connectivity index (χ2v) is 9.60. The fourth-order valence-electron chi connectivity index (χ4n) is 5.44. The quantitative estimate of drug-likeness (QED) is 0.270. The third-order valence-corrected chi connectivity index (χ3v) is 7.16. The van der Waals surface area contributed by atoms with E-state index in [1.54, 1.807) is 19.2 Å². The summed E-state index contributed by atoms with van der Waals surface area (Å²) in [4.78, 5) is 12.3. The molecule has 5 aromatic rings. The highest BCUT2D eigenvalue weighted by Crippen LogP contribution is 2.49. The number of aromatic nitrogens is 2. The van der Waals surface area contributed by atoms with Gasteiger partial charge in [-0.15, -0.1) is 0 Å². The van der Waals surface area contributed by atoms with Crippen LogP contribution in [0.5, 0.6) is 5.75 Å². The highest BCUT2D eigenvalue weighted by atomic mass is 19.1. The van der Waals surface area contributed by atoms with Gasteiger partial charge < -0.3 is 15.0 Å². The predicted molar refractivity (Wildman–Crippen MR) is 156 cm³/mol. The van der Waals surface area contributed by atoms with Crippen molar-refractivity contribution in [3.8, 4) is 11.4 Å². The summed E-state index contributed by atoms with van der Waals surface area (Å²) in [7, 11) is 1.68. The molecule has 2 aliphatic rings. The minimum atomic E-state index is -0.337. The van der Waals surface area contributed by atoms with Crippen molar-refractivity contribution in [2.24, 2.45) is 9.98 Å². The molecule has 0 spiro atoms. The molecule has 1 aromatic heterocycles. The minimum absolute atomic E-state index is 0.322. The fourth-order valence-corrected chi connectivity index (χ4v) is 5.44. The van der Waals surface area contributed by atoms with Crippen molar-refractivity contribution in [2.45, 2.75) is 13.0 Å². The number of methoxy groups -OCH3 is 1. The molecule has 0 amide bonds. The standard InChI is InChI=1S/C32H25FN6O/c1-20-28-29(24-15-6-9-18-27(24)40-2)38-26-17-8-7-16-25(26)35-30(34-22-12-10-11-21(33)19-22)32(38)36-31(28)39(37-20)23-13-4-3-5-14-23/h3-19,29H,1-2H3,(H,34,35)/t29-/m0/s1. The summed E-state index contributed by atoms with van der Waals surface area (Å²) in [5, 5.41) is 8.30. The summed E-state index contributed by atoms with van der Waals surface area (Å²) in [6.45, 7) is 2.01. The molecule has 0 bridgehead atoms. The Hall–Kier alpha value is -5.24. The summed E-state index contributed by atoms with van der Waals surface area (Å²) in [6, 6.07) is 31.9. The number of anilines is 2.